The van der Waals surface area contributed by atoms with Crippen molar-refractivity contribution >= 4 is 0 Å². The van der Waals surface area contributed by atoms with Gasteiger partial charge in [0, 0.05) is 13.1 Å². The Morgan fingerprint density at radius 2 is 1.33 bits per heavy atom. The molecule has 76 valence electrons. The highest BCUT2D eigenvalue weighted by molar-refractivity contribution is 4.67. The monoisotopic (exact) mass is 175 g/mol. The van der Waals surface area contributed by atoms with E-state index in [1.807, 2.05) is 27.7 Å². The second-order valence-electron chi connectivity index (χ2n) is 2.53. The summed E-state index contributed by atoms with van der Waals surface area (Å²) in [6.45, 7) is 10.1. The van der Waals surface area contributed by atoms with Gasteiger partial charge < -0.3 is 10.0 Å². The average Bonchev–Trinajstić information content (AvgIpc) is 2.17. The second kappa shape index (κ2) is 10.9. The van der Waals surface area contributed by atoms with Crippen LogP contribution in [-0.2, 0) is 0 Å². The average molecular weight is 175 g/mol. The van der Waals surface area contributed by atoms with Gasteiger partial charge in [0.25, 0.3) is 0 Å². The van der Waals surface area contributed by atoms with Gasteiger partial charge in [0.2, 0.25) is 0 Å². The highest BCUT2D eigenvalue weighted by atomic mass is 16.3. The van der Waals surface area contributed by atoms with Crippen LogP contribution in [0.25, 0.3) is 0 Å². The van der Waals surface area contributed by atoms with Gasteiger partial charge in [-0.15, -0.1) is 0 Å². The topological polar surface area (TPSA) is 23.5 Å². The van der Waals surface area contributed by atoms with Crippen molar-refractivity contribution in [3.63, 3.8) is 0 Å². The maximum absolute atomic E-state index is 9.00. The van der Waals surface area contributed by atoms with Crippen molar-refractivity contribution in [2.45, 2.75) is 46.6 Å². The standard InChI is InChI=1S/C6H13NO.2C2H6/c1-7-4-2-6(8)3-5-7;2*1-2/h6,8H,2-5H2,1H3;2*1-2H3. The van der Waals surface area contributed by atoms with Crippen molar-refractivity contribution in [1.82, 2.24) is 4.90 Å². The van der Waals surface area contributed by atoms with Crippen molar-refractivity contribution in [3.8, 4) is 0 Å². The summed E-state index contributed by atoms with van der Waals surface area (Å²) in [5, 5.41) is 9.00. The molecule has 2 nitrogen and oxygen atoms in total. The van der Waals surface area contributed by atoms with E-state index < -0.39 is 0 Å². The molecule has 0 saturated carbocycles. The van der Waals surface area contributed by atoms with Crippen LogP contribution in [0.15, 0.2) is 0 Å². The molecule has 0 aliphatic carbocycles. The van der Waals surface area contributed by atoms with Crippen LogP contribution in [-0.4, -0.2) is 36.2 Å². The molecule has 1 aliphatic heterocycles. The van der Waals surface area contributed by atoms with E-state index in [4.69, 9.17) is 5.11 Å². The van der Waals surface area contributed by atoms with E-state index in [0.717, 1.165) is 25.9 Å². The number of likely N-dealkylation sites (tertiary alicyclic amines) is 1. The maximum Gasteiger partial charge on any atom is 0.0564 e. The van der Waals surface area contributed by atoms with Crippen LogP contribution in [0, 0.1) is 0 Å². The van der Waals surface area contributed by atoms with Crippen LogP contribution >= 0.6 is 0 Å². The minimum Gasteiger partial charge on any atom is -0.393 e. The van der Waals surface area contributed by atoms with Crippen LogP contribution in [0.2, 0.25) is 0 Å². The lowest BCUT2D eigenvalue weighted by molar-refractivity contribution is 0.0943. The molecule has 1 heterocycles. The van der Waals surface area contributed by atoms with Crippen molar-refractivity contribution in [1.29, 1.82) is 0 Å². The first-order valence-electron chi connectivity index (χ1n) is 5.15. The molecular weight excluding hydrogens is 150 g/mol. The Labute approximate surface area is 77.6 Å². The van der Waals surface area contributed by atoms with Crippen LogP contribution in [0.4, 0.5) is 0 Å². The summed E-state index contributed by atoms with van der Waals surface area (Å²) in [7, 11) is 2.09. The lowest BCUT2D eigenvalue weighted by atomic mass is 10.1. The van der Waals surface area contributed by atoms with Crippen molar-refractivity contribution in [2.24, 2.45) is 0 Å². The molecule has 2 heteroatoms. The molecule has 0 spiro atoms. The molecule has 1 fully saturated rings. The first-order chi connectivity index (χ1) is 5.79. The summed E-state index contributed by atoms with van der Waals surface area (Å²) >= 11 is 0. The highest BCUT2D eigenvalue weighted by Gasteiger charge is 2.12. The third-order valence-corrected chi connectivity index (χ3v) is 1.69. The fraction of sp³-hybridized carbons (Fsp3) is 1.00. The third-order valence-electron chi connectivity index (χ3n) is 1.69. The summed E-state index contributed by atoms with van der Waals surface area (Å²) in [6, 6.07) is 0. The molecule has 0 aromatic rings. The Bertz CT molecular complexity index is 58.2. The lowest BCUT2D eigenvalue weighted by Gasteiger charge is -2.25. The zero-order chi connectivity index (χ0) is 9.98. The molecule has 0 amide bonds. The number of aliphatic hydroxyl groups excluding tert-OH is 1. The van der Waals surface area contributed by atoms with Gasteiger partial charge in [-0.3, -0.25) is 0 Å². The first-order valence-corrected chi connectivity index (χ1v) is 5.15. The van der Waals surface area contributed by atoms with E-state index in [2.05, 4.69) is 11.9 Å². The molecule has 0 radical (unpaired) electrons. The SMILES string of the molecule is CC.CC.CN1CCC(O)CC1. The van der Waals surface area contributed by atoms with Gasteiger partial charge >= 0.3 is 0 Å². The number of hydrogen-bond acceptors (Lipinski definition) is 2. The largest absolute Gasteiger partial charge is 0.393 e. The predicted octanol–water partition coefficient (Wildman–Crippen LogP) is 2.13. The smallest absolute Gasteiger partial charge is 0.0564 e. The Kier molecular flexibility index (Phi) is 13.1. The van der Waals surface area contributed by atoms with E-state index in [-0.39, 0.29) is 6.10 Å². The first kappa shape index (κ1) is 14.4. The number of piperidine rings is 1. The Morgan fingerprint density at radius 3 is 1.58 bits per heavy atom. The molecular formula is C10H25NO. The number of aliphatic hydroxyl groups is 1. The molecule has 1 aliphatic rings. The highest BCUT2D eigenvalue weighted by Crippen LogP contribution is 2.06. The van der Waals surface area contributed by atoms with Crippen molar-refractivity contribution in [3.05, 3.63) is 0 Å². The van der Waals surface area contributed by atoms with Crippen LogP contribution in [0.3, 0.4) is 0 Å². The molecule has 0 aromatic heterocycles. The minimum absolute atomic E-state index is 0.0220. The van der Waals surface area contributed by atoms with E-state index in [0.29, 0.717) is 0 Å². The Hall–Kier alpha value is -0.0800. The second-order valence-corrected chi connectivity index (χ2v) is 2.53. The molecule has 1 N–H and O–H groups in total. The number of hydrogen-bond donors (Lipinski definition) is 1. The fourth-order valence-corrected chi connectivity index (χ4v) is 0.995. The molecule has 1 saturated heterocycles. The van der Waals surface area contributed by atoms with Gasteiger partial charge in [-0.25, -0.2) is 0 Å². The lowest BCUT2D eigenvalue weighted by Crippen LogP contribution is -2.32. The molecule has 12 heavy (non-hydrogen) atoms. The molecule has 0 aromatic carbocycles. The molecule has 0 atom stereocenters. The van der Waals surface area contributed by atoms with Gasteiger partial charge in [-0.2, -0.15) is 0 Å². The molecule has 1 rings (SSSR count). The summed E-state index contributed by atoms with van der Waals surface area (Å²) < 4.78 is 0. The molecule has 0 unspecified atom stereocenters. The zero-order valence-electron chi connectivity index (χ0n) is 9.30. The van der Waals surface area contributed by atoms with E-state index in [1.165, 1.54) is 0 Å². The normalized spacial score (nSPS) is 18.5. The van der Waals surface area contributed by atoms with Crippen molar-refractivity contribution in [2.75, 3.05) is 20.1 Å². The fourth-order valence-electron chi connectivity index (χ4n) is 0.995. The summed E-state index contributed by atoms with van der Waals surface area (Å²) in [4.78, 5) is 2.24. The van der Waals surface area contributed by atoms with Gasteiger partial charge in [0.05, 0.1) is 6.10 Å². The van der Waals surface area contributed by atoms with Crippen molar-refractivity contribution < 1.29 is 5.11 Å². The summed E-state index contributed by atoms with van der Waals surface area (Å²) in [6.07, 6.45) is 1.89. The van der Waals surface area contributed by atoms with Crippen LogP contribution in [0.1, 0.15) is 40.5 Å². The third kappa shape index (κ3) is 8.02. The maximum atomic E-state index is 9.00. The molecule has 0 bridgehead atoms. The summed E-state index contributed by atoms with van der Waals surface area (Å²) in [5.41, 5.74) is 0. The van der Waals surface area contributed by atoms with Gasteiger partial charge in [0.1, 0.15) is 0 Å². The van der Waals surface area contributed by atoms with Crippen LogP contribution < -0.4 is 0 Å². The quantitative estimate of drug-likeness (QED) is 0.609. The van der Waals surface area contributed by atoms with Crippen LogP contribution in [0.5, 0.6) is 0 Å². The minimum atomic E-state index is -0.0220. The van der Waals surface area contributed by atoms with E-state index in [1.54, 1.807) is 0 Å². The van der Waals surface area contributed by atoms with Gasteiger partial charge in [-0.05, 0) is 19.9 Å². The number of nitrogens with zero attached hydrogens (tertiary/aromatic N) is 1. The Balaban J connectivity index is 0. The summed E-state index contributed by atoms with van der Waals surface area (Å²) in [5.74, 6) is 0. The number of rotatable bonds is 0. The van der Waals surface area contributed by atoms with Gasteiger partial charge in [0.15, 0.2) is 0 Å². The van der Waals surface area contributed by atoms with Gasteiger partial charge in [-0.1, -0.05) is 27.7 Å². The van der Waals surface area contributed by atoms with E-state index in [9.17, 15) is 0 Å². The van der Waals surface area contributed by atoms with E-state index >= 15 is 0 Å². The predicted molar refractivity (Wildman–Crippen MR) is 55.4 cm³/mol. The Morgan fingerprint density at radius 1 is 1.00 bits per heavy atom. The zero-order valence-corrected chi connectivity index (χ0v) is 9.30.